The van der Waals surface area contributed by atoms with Crippen LogP contribution in [0.25, 0.3) is 0 Å². The van der Waals surface area contributed by atoms with Gasteiger partial charge in [0.25, 0.3) is 0 Å². The van der Waals surface area contributed by atoms with E-state index in [1.165, 1.54) is 0 Å². The number of aromatic nitrogens is 1. The Morgan fingerprint density at radius 1 is 1.56 bits per heavy atom. The van der Waals surface area contributed by atoms with Crippen LogP contribution in [-0.4, -0.2) is 27.7 Å². The fourth-order valence-electron chi connectivity index (χ4n) is 1.31. The van der Waals surface area contributed by atoms with Crippen molar-refractivity contribution >= 4 is 21.9 Å². The summed E-state index contributed by atoms with van der Waals surface area (Å²) in [6.07, 6.45) is 0.405. The standard InChI is InChI=1S/C12H17BrN2O3/c1-12(2,3)18-11(17)8(14)9(16)7-5-4-6-15-10(7)13/h4-6,8-9,16H,14H2,1-3H3/t8-,9-/m0/s1. The molecule has 0 bridgehead atoms. The first kappa shape index (κ1) is 15.1. The summed E-state index contributed by atoms with van der Waals surface area (Å²) in [4.78, 5) is 15.7. The summed E-state index contributed by atoms with van der Waals surface area (Å²) in [6, 6.07) is 2.15. The Morgan fingerprint density at radius 3 is 2.67 bits per heavy atom. The Hall–Kier alpha value is -0.980. The van der Waals surface area contributed by atoms with Gasteiger partial charge in [0.1, 0.15) is 22.4 Å². The van der Waals surface area contributed by atoms with Crippen molar-refractivity contribution < 1.29 is 14.6 Å². The number of esters is 1. The number of carbonyl (C=O) groups excluding carboxylic acids is 1. The number of aliphatic hydroxyl groups excluding tert-OH is 1. The van der Waals surface area contributed by atoms with Crippen LogP contribution >= 0.6 is 15.9 Å². The molecule has 0 saturated heterocycles. The predicted octanol–water partition coefficient (Wildman–Crippen LogP) is 1.55. The topological polar surface area (TPSA) is 85.4 Å². The molecule has 0 unspecified atom stereocenters. The molecule has 100 valence electrons. The van der Waals surface area contributed by atoms with E-state index in [0.29, 0.717) is 10.2 Å². The Labute approximate surface area is 114 Å². The van der Waals surface area contributed by atoms with Gasteiger partial charge in [-0.3, -0.25) is 4.79 Å². The minimum Gasteiger partial charge on any atom is -0.459 e. The Morgan fingerprint density at radius 2 is 2.17 bits per heavy atom. The molecular formula is C12H17BrN2O3. The maximum absolute atomic E-state index is 11.7. The van der Waals surface area contributed by atoms with Crippen LogP contribution in [0.2, 0.25) is 0 Å². The fraction of sp³-hybridized carbons (Fsp3) is 0.500. The zero-order valence-corrected chi connectivity index (χ0v) is 12.1. The minimum atomic E-state index is -1.16. The molecule has 18 heavy (non-hydrogen) atoms. The molecule has 1 aromatic rings. The van der Waals surface area contributed by atoms with Crippen LogP contribution in [0.3, 0.4) is 0 Å². The lowest BCUT2D eigenvalue weighted by Gasteiger charge is -2.24. The van der Waals surface area contributed by atoms with Crippen LogP contribution < -0.4 is 5.73 Å². The van der Waals surface area contributed by atoms with Gasteiger partial charge in [0, 0.05) is 11.8 Å². The molecule has 0 saturated carbocycles. The number of aliphatic hydroxyl groups is 1. The summed E-state index contributed by atoms with van der Waals surface area (Å²) in [6.45, 7) is 5.22. The van der Waals surface area contributed by atoms with Gasteiger partial charge in [0.05, 0.1) is 0 Å². The van der Waals surface area contributed by atoms with E-state index in [9.17, 15) is 9.90 Å². The Bertz CT molecular complexity index is 432. The summed E-state index contributed by atoms with van der Waals surface area (Å²) < 4.78 is 5.58. The summed E-state index contributed by atoms with van der Waals surface area (Å²) >= 11 is 3.20. The normalized spacial score (nSPS) is 15.0. The SMILES string of the molecule is CC(C)(C)OC(=O)[C@@H](N)[C@@H](O)c1cccnc1Br. The van der Waals surface area contributed by atoms with Crippen LogP contribution in [0.1, 0.15) is 32.4 Å². The molecule has 6 heteroatoms. The van der Waals surface area contributed by atoms with Crippen molar-refractivity contribution in [3.63, 3.8) is 0 Å². The van der Waals surface area contributed by atoms with Crippen molar-refractivity contribution in [1.29, 1.82) is 0 Å². The molecule has 3 N–H and O–H groups in total. The molecule has 0 radical (unpaired) electrons. The molecule has 0 aliphatic rings. The lowest BCUT2D eigenvalue weighted by atomic mass is 10.0. The highest BCUT2D eigenvalue weighted by molar-refractivity contribution is 9.10. The first-order valence-electron chi connectivity index (χ1n) is 5.49. The van der Waals surface area contributed by atoms with E-state index in [1.54, 1.807) is 39.1 Å². The van der Waals surface area contributed by atoms with E-state index in [4.69, 9.17) is 10.5 Å². The molecule has 1 aromatic heterocycles. The van der Waals surface area contributed by atoms with Crippen LogP contribution in [0, 0.1) is 0 Å². The summed E-state index contributed by atoms with van der Waals surface area (Å²) in [5.74, 6) is -0.647. The third-order valence-electron chi connectivity index (χ3n) is 2.13. The fourth-order valence-corrected chi connectivity index (χ4v) is 1.80. The third kappa shape index (κ3) is 4.04. The van der Waals surface area contributed by atoms with Gasteiger partial charge in [-0.15, -0.1) is 0 Å². The first-order valence-corrected chi connectivity index (χ1v) is 6.28. The highest BCUT2D eigenvalue weighted by atomic mass is 79.9. The van der Waals surface area contributed by atoms with Gasteiger partial charge in [-0.2, -0.15) is 0 Å². The predicted molar refractivity (Wildman–Crippen MR) is 70.7 cm³/mol. The largest absolute Gasteiger partial charge is 0.459 e. The number of nitrogens with two attached hydrogens (primary N) is 1. The second kappa shape index (κ2) is 5.77. The van der Waals surface area contributed by atoms with Crippen molar-refractivity contribution in [1.82, 2.24) is 4.98 Å². The van der Waals surface area contributed by atoms with Gasteiger partial charge in [-0.1, -0.05) is 6.07 Å². The Kier molecular flexibility index (Phi) is 4.84. The van der Waals surface area contributed by atoms with Crippen LogP contribution in [0.4, 0.5) is 0 Å². The number of hydrogen-bond acceptors (Lipinski definition) is 5. The average molecular weight is 317 g/mol. The van der Waals surface area contributed by atoms with Gasteiger partial charge < -0.3 is 15.6 Å². The average Bonchev–Trinajstić information content (AvgIpc) is 2.25. The van der Waals surface area contributed by atoms with Crippen molar-refractivity contribution in [3.8, 4) is 0 Å². The van der Waals surface area contributed by atoms with Gasteiger partial charge in [0.2, 0.25) is 0 Å². The summed E-state index contributed by atoms with van der Waals surface area (Å²) in [5.41, 5.74) is 5.51. The van der Waals surface area contributed by atoms with E-state index in [0.717, 1.165) is 0 Å². The molecule has 1 heterocycles. The quantitative estimate of drug-likeness (QED) is 0.652. The van der Waals surface area contributed by atoms with Gasteiger partial charge in [0.15, 0.2) is 0 Å². The molecule has 0 fully saturated rings. The molecule has 5 nitrogen and oxygen atoms in total. The van der Waals surface area contributed by atoms with Crippen molar-refractivity contribution in [3.05, 3.63) is 28.5 Å². The van der Waals surface area contributed by atoms with Crippen molar-refractivity contribution in [2.75, 3.05) is 0 Å². The summed E-state index contributed by atoms with van der Waals surface area (Å²) in [5, 5.41) is 10.0. The number of pyridine rings is 1. The molecule has 0 aliphatic heterocycles. The molecular weight excluding hydrogens is 300 g/mol. The minimum absolute atomic E-state index is 0.454. The highest BCUT2D eigenvalue weighted by Gasteiger charge is 2.30. The number of ether oxygens (including phenoxy) is 1. The maximum atomic E-state index is 11.7. The zero-order chi connectivity index (χ0) is 13.9. The van der Waals surface area contributed by atoms with E-state index in [2.05, 4.69) is 20.9 Å². The van der Waals surface area contributed by atoms with Gasteiger partial charge in [-0.05, 0) is 42.8 Å². The van der Waals surface area contributed by atoms with E-state index >= 15 is 0 Å². The van der Waals surface area contributed by atoms with Gasteiger partial charge in [-0.25, -0.2) is 4.98 Å². The van der Waals surface area contributed by atoms with Crippen LogP contribution in [-0.2, 0) is 9.53 Å². The second-order valence-corrected chi connectivity index (χ2v) is 5.64. The van der Waals surface area contributed by atoms with Crippen molar-refractivity contribution in [2.45, 2.75) is 38.5 Å². The number of hydrogen-bond donors (Lipinski definition) is 2. The number of halogens is 1. The third-order valence-corrected chi connectivity index (χ3v) is 2.79. The van der Waals surface area contributed by atoms with E-state index < -0.39 is 23.7 Å². The van der Waals surface area contributed by atoms with E-state index in [-0.39, 0.29) is 0 Å². The lowest BCUT2D eigenvalue weighted by Crippen LogP contribution is -2.41. The maximum Gasteiger partial charge on any atom is 0.326 e. The molecule has 0 aliphatic carbocycles. The number of carbonyl (C=O) groups is 1. The van der Waals surface area contributed by atoms with Crippen LogP contribution in [0.15, 0.2) is 22.9 Å². The number of rotatable bonds is 3. The first-order chi connectivity index (χ1) is 8.22. The Balaban J connectivity index is 2.82. The smallest absolute Gasteiger partial charge is 0.326 e. The second-order valence-electron chi connectivity index (χ2n) is 4.89. The monoisotopic (exact) mass is 316 g/mol. The summed E-state index contributed by atoms with van der Waals surface area (Å²) in [7, 11) is 0. The molecule has 1 rings (SSSR count). The van der Waals surface area contributed by atoms with E-state index in [1.807, 2.05) is 0 Å². The number of nitrogens with zero attached hydrogens (tertiary/aromatic N) is 1. The molecule has 0 spiro atoms. The van der Waals surface area contributed by atoms with Crippen LogP contribution in [0.5, 0.6) is 0 Å². The molecule has 2 atom stereocenters. The van der Waals surface area contributed by atoms with Gasteiger partial charge >= 0.3 is 5.97 Å². The molecule has 0 aromatic carbocycles. The molecule has 0 amide bonds. The highest BCUT2D eigenvalue weighted by Crippen LogP contribution is 2.24. The lowest BCUT2D eigenvalue weighted by molar-refractivity contribution is -0.159. The zero-order valence-electron chi connectivity index (χ0n) is 10.6. The van der Waals surface area contributed by atoms with Crippen molar-refractivity contribution in [2.24, 2.45) is 5.73 Å².